The predicted octanol–water partition coefficient (Wildman–Crippen LogP) is 3.81. The number of aliphatic imine (C=N–C) groups is 1. The average Bonchev–Trinajstić information content (AvgIpc) is 2.71. The summed E-state index contributed by atoms with van der Waals surface area (Å²) in [5.41, 5.74) is 1.30. The van der Waals surface area contributed by atoms with Gasteiger partial charge in [-0.05, 0) is 30.2 Å². The van der Waals surface area contributed by atoms with Crippen LogP contribution in [0.3, 0.4) is 0 Å². The largest absolute Gasteiger partial charge is 0.493 e. The van der Waals surface area contributed by atoms with Crippen LogP contribution in [0.15, 0.2) is 47.5 Å². The molecule has 164 valence electrons. The zero-order chi connectivity index (χ0) is 21.9. The van der Waals surface area contributed by atoms with Gasteiger partial charge in [0.25, 0.3) is 0 Å². The molecule has 0 aliphatic carbocycles. The van der Waals surface area contributed by atoms with Gasteiger partial charge in [-0.25, -0.2) is 0 Å². The molecular formula is C20H23F4N3O3. The zero-order valence-electron chi connectivity index (χ0n) is 16.5. The van der Waals surface area contributed by atoms with E-state index in [2.05, 4.69) is 25.1 Å². The summed E-state index contributed by atoms with van der Waals surface area (Å²) in [6.45, 7) is -5.20. The molecule has 2 aromatic rings. The van der Waals surface area contributed by atoms with Crippen LogP contribution in [0.25, 0.3) is 0 Å². The smallest absolute Gasteiger partial charge is 0.387 e. The van der Waals surface area contributed by atoms with Gasteiger partial charge < -0.3 is 24.8 Å². The molecule has 0 aromatic heterocycles. The molecule has 0 spiro atoms. The SMILES string of the molecule is CN=C(NCCc1ccc(OC)c(OC(F)F)c1)NCc1ccccc1OC(F)F. The number of hydrogen-bond donors (Lipinski definition) is 2. The Balaban J connectivity index is 1.90. The fourth-order valence-electron chi connectivity index (χ4n) is 2.65. The van der Waals surface area contributed by atoms with E-state index in [1.165, 1.54) is 19.2 Å². The van der Waals surface area contributed by atoms with E-state index in [1.807, 2.05) is 0 Å². The normalized spacial score (nSPS) is 11.5. The van der Waals surface area contributed by atoms with Gasteiger partial charge in [-0.3, -0.25) is 4.99 Å². The summed E-state index contributed by atoms with van der Waals surface area (Å²) in [5.74, 6) is 0.706. The Morgan fingerprint density at radius 2 is 1.63 bits per heavy atom. The number of nitrogens with zero attached hydrogens (tertiary/aromatic N) is 1. The number of guanidine groups is 1. The highest BCUT2D eigenvalue weighted by Gasteiger charge is 2.12. The number of rotatable bonds is 10. The average molecular weight is 429 g/mol. The van der Waals surface area contributed by atoms with Crippen molar-refractivity contribution in [3.8, 4) is 17.2 Å². The van der Waals surface area contributed by atoms with Crippen molar-refractivity contribution in [1.29, 1.82) is 0 Å². The van der Waals surface area contributed by atoms with Gasteiger partial charge in [-0.2, -0.15) is 17.6 Å². The van der Waals surface area contributed by atoms with Gasteiger partial charge in [-0.1, -0.05) is 24.3 Å². The molecule has 30 heavy (non-hydrogen) atoms. The summed E-state index contributed by atoms with van der Waals surface area (Å²) < 4.78 is 64.0. The van der Waals surface area contributed by atoms with Crippen molar-refractivity contribution >= 4 is 5.96 Å². The van der Waals surface area contributed by atoms with Gasteiger partial charge in [-0.15, -0.1) is 0 Å². The van der Waals surface area contributed by atoms with Crippen LogP contribution in [-0.2, 0) is 13.0 Å². The maximum absolute atomic E-state index is 12.5. The zero-order valence-corrected chi connectivity index (χ0v) is 16.5. The van der Waals surface area contributed by atoms with Crippen molar-refractivity contribution in [3.05, 3.63) is 53.6 Å². The van der Waals surface area contributed by atoms with E-state index in [-0.39, 0.29) is 23.8 Å². The number of alkyl halides is 4. The number of ether oxygens (including phenoxy) is 3. The lowest BCUT2D eigenvalue weighted by molar-refractivity contribution is -0.0516. The quantitative estimate of drug-likeness (QED) is 0.342. The first-order valence-corrected chi connectivity index (χ1v) is 9.02. The predicted molar refractivity (Wildman–Crippen MR) is 105 cm³/mol. The van der Waals surface area contributed by atoms with Crippen LogP contribution in [0.1, 0.15) is 11.1 Å². The monoisotopic (exact) mass is 429 g/mol. The fourth-order valence-corrected chi connectivity index (χ4v) is 2.65. The third-order valence-electron chi connectivity index (χ3n) is 4.01. The molecule has 0 aliphatic heterocycles. The van der Waals surface area contributed by atoms with Gasteiger partial charge in [0.2, 0.25) is 0 Å². The second-order valence-electron chi connectivity index (χ2n) is 5.95. The van der Waals surface area contributed by atoms with Crippen molar-refractivity contribution in [2.45, 2.75) is 26.2 Å². The number of nitrogens with one attached hydrogen (secondary N) is 2. The fraction of sp³-hybridized carbons (Fsp3) is 0.350. The summed E-state index contributed by atoms with van der Waals surface area (Å²) >= 11 is 0. The van der Waals surface area contributed by atoms with Gasteiger partial charge >= 0.3 is 13.2 Å². The minimum Gasteiger partial charge on any atom is -0.493 e. The Hall–Kier alpha value is -3.17. The molecule has 0 heterocycles. The van der Waals surface area contributed by atoms with Crippen LogP contribution in [0, 0.1) is 0 Å². The minimum atomic E-state index is -2.95. The highest BCUT2D eigenvalue weighted by Crippen LogP contribution is 2.29. The first kappa shape index (κ1) is 23.1. The van der Waals surface area contributed by atoms with Gasteiger partial charge in [0, 0.05) is 25.7 Å². The van der Waals surface area contributed by atoms with Gasteiger partial charge in [0.1, 0.15) is 5.75 Å². The molecule has 2 aromatic carbocycles. The standard InChI is InChI=1S/C20H23F4N3O3/c1-25-20(27-12-14-5-3-4-6-15(14)29-18(21)22)26-10-9-13-7-8-16(28-2)17(11-13)30-19(23)24/h3-8,11,18-19H,9-10,12H2,1-2H3,(H2,25,26,27). The maximum atomic E-state index is 12.5. The van der Waals surface area contributed by atoms with Crippen LogP contribution in [0.4, 0.5) is 17.6 Å². The summed E-state index contributed by atoms with van der Waals surface area (Å²) in [6.07, 6.45) is 0.495. The first-order chi connectivity index (χ1) is 14.4. The van der Waals surface area contributed by atoms with E-state index in [1.54, 1.807) is 37.4 Å². The summed E-state index contributed by atoms with van der Waals surface area (Å²) in [6, 6.07) is 11.2. The Morgan fingerprint density at radius 3 is 2.30 bits per heavy atom. The molecule has 0 unspecified atom stereocenters. The topological polar surface area (TPSA) is 64.1 Å². The van der Waals surface area contributed by atoms with E-state index in [0.29, 0.717) is 24.5 Å². The maximum Gasteiger partial charge on any atom is 0.387 e. The minimum absolute atomic E-state index is 0.0388. The third-order valence-corrected chi connectivity index (χ3v) is 4.01. The van der Waals surface area contributed by atoms with E-state index < -0.39 is 13.2 Å². The van der Waals surface area contributed by atoms with Crippen LogP contribution < -0.4 is 24.8 Å². The molecule has 0 atom stereocenters. The molecule has 0 saturated carbocycles. The lowest BCUT2D eigenvalue weighted by Gasteiger charge is -2.15. The third kappa shape index (κ3) is 7.34. The second kappa shape index (κ2) is 11.7. The molecule has 0 aliphatic rings. The van der Waals surface area contributed by atoms with E-state index in [9.17, 15) is 17.6 Å². The number of benzene rings is 2. The molecule has 10 heteroatoms. The molecule has 0 radical (unpaired) electrons. The van der Waals surface area contributed by atoms with Crippen molar-refractivity contribution < 1.29 is 31.8 Å². The molecule has 2 rings (SSSR count). The number of hydrogen-bond acceptors (Lipinski definition) is 4. The van der Waals surface area contributed by atoms with Crippen LogP contribution in [0.5, 0.6) is 17.2 Å². The first-order valence-electron chi connectivity index (χ1n) is 9.02. The highest BCUT2D eigenvalue weighted by atomic mass is 19.3. The molecule has 0 bridgehead atoms. The summed E-state index contributed by atoms with van der Waals surface area (Å²) in [5, 5.41) is 6.08. The van der Waals surface area contributed by atoms with Crippen molar-refractivity contribution in [2.75, 3.05) is 20.7 Å². The number of halogens is 4. The van der Waals surface area contributed by atoms with E-state index in [4.69, 9.17) is 4.74 Å². The molecule has 0 amide bonds. The number of methoxy groups -OCH3 is 1. The molecular weight excluding hydrogens is 406 g/mol. The van der Waals surface area contributed by atoms with Crippen molar-refractivity contribution in [3.63, 3.8) is 0 Å². The van der Waals surface area contributed by atoms with Crippen LogP contribution >= 0.6 is 0 Å². The Morgan fingerprint density at radius 1 is 0.933 bits per heavy atom. The number of para-hydroxylation sites is 1. The Labute approximate surface area is 171 Å². The van der Waals surface area contributed by atoms with Crippen molar-refractivity contribution in [1.82, 2.24) is 10.6 Å². The summed E-state index contributed by atoms with van der Waals surface area (Å²) in [7, 11) is 2.94. The highest BCUT2D eigenvalue weighted by molar-refractivity contribution is 5.79. The lowest BCUT2D eigenvalue weighted by Crippen LogP contribution is -2.38. The second-order valence-corrected chi connectivity index (χ2v) is 5.95. The summed E-state index contributed by atoms with van der Waals surface area (Å²) in [4.78, 5) is 4.07. The van der Waals surface area contributed by atoms with Gasteiger partial charge in [0.15, 0.2) is 17.5 Å². The molecule has 6 nitrogen and oxygen atoms in total. The molecule has 0 saturated heterocycles. The van der Waals surface area contributed by atoms with E-state index in [0.717, 1.165) is 5.56 Å². The Bertz CT molecular complexity index is 835. The van der Waals surface area contributed by atoms with Crippen LogP contribution in [0.2, 0.25) is 0 Å². The molecule has 0 fully saturated rings. The van der Waals surface area contributed by atoms with Crippen LogP contribution in [-0.4, -0.2) is 39.9 Å². The lowest BCUT2D eigenvalue weighted by atomic mass is 10.1. The Kier molecular flexibility index (Phi) is 9.04. The van der Waals surface area contributed by atoms with E-state index >= 15 is 0 Å². The van der Waals surface area contributed by atoms with Gasteiger partial charge in [0.05, 0.1) is 7.11 Å². The molecule has 2 N–H and O–H groups in total. The van der Waals surface area contributed by atoms with Crippen molar-refractivity contribution in [2.24, 2.45) is 4.99 Å².